The van der Waals surface area contributed by atoms with Gasteiger partial charge in [-0.1, -0.05) is 18.2 Å². The predicted molar refractivity (Wildman–Crippen MR) is 140 cm³/mol. The smallest absolute Gasteiger partial charge is 0.255 e. The van der Waals surface area contributed by atoms with Crippen molar-refractivity contribution in [3.63, 3.8) is 0 Å². The van der Waals surface area contributed by atoms with Crippen molar-refractivity contribution in [2.75, 3.05) is 25.3 Å². The number of hydrogen-bond acceptors (Lipinski definition) is 7. The second-order valence-corrected chi connectivity index (χ2v) is 8.06. The lowest BCUT2D eigenvalue weighted by molar-refractivity contribution is 0.102. The molecule has 0 atom stereocenters. The quantitative estimate of drug-likeness (QED) is 0.275. The molecule has 4 aromatic rings. The van der Waals surface area contributed by atoms with Crippen LogP contribution in [-0.2, 0) is 13.1 Å². The normalized spacial score (nSPS) is 10.6. The molecule has 1 aromatic heterocycles. The number of carbonyl (C=O) groups excluding carboxylic acids is 1. The zero-order valence-corrected chi connectivity index (χ0v) is 20.5. The fourth-order valence-corrected chi connectivity index (χ4v) is 3.59. The fourth-order valence-electron chi connectivity index (χ4n) is 3.59. The molecule has 0 unspecified atom stereocenters. The highest BCUT2D eigenvalue weighted by Gasteiger charge is 2.14. The molecule has 0 saturated heterocycles. The number of aromatic nitrogens is 1. The van der Waals surface area contributed by atoms with Gasteiger partial charge >= 0.3 is 0 Å². The van der Waals surface area contributed by atoms with E-state index in [-0.39, 0.29) is 23.2 Å². The summed E-state index contributed by atoms with van der Waals surface area (Å²) in [6.07, 6.45) is 1.50. The topological polar surface area (TPSA) is 108 Å². The van der Waals surface area contributed by atoms with E-state index in [1.54, 1.807) is 43.5 Å². The van der Waals surface area contributed by atoms with Gasteiger partial charge in [0.25, 0.3) is 5.91 Å². The maximum atomic E-state index is 14.9. The molecule has 1 amide bonds. The van der Waals surface area contributed by atoms with Crippen LogP contribution in [0.2, 0.25) is 0 Å². The van der Waals surface area contributed by atoms with E-state index < -0.39 is 5.82 Å². The third-order valence-corrected chi connectivity index (χ3v) is 5.58. The summed E-state index contributed by atoms with van der Waals surface area (Å²) in [4.78, 5) is 16.7. The Morgan fingerprint density at radius 2 is 1.70 bits per heavy atom. The summed E-state index contributed by atoms with van der Waals surface area (Å²) in [5.74, 6) is 0.943. The van der Waals surface area contributed by atoms with Crippen molar-refractivity contribution in [1.82, 2.24) is 10.3 Å². The third-order valence-electron chi connectivity index (χ3n) is 5.58. The standard InChI is InChI=1S/C28H27FN4O4/c1-35-21-9-6-18(7-10-21)16-31-17-23-25(12-13-32-27(23)30)37-26-11-8-20(15-24(26)29)33-28(34)19-4-3-5-22(14-19)36-2/h3-15,31H,16-17H2,1-2H3,(H2,30,32)(H,33,34). The lowest BCUT2D eigenvalue weighted by Crippen LogP contribution is -2.15. The number of methoxy groups -OCH3 is 2. The summed E-state index contributed by atoms with van der Waals surface area (Å²) < 4.78 is 31.1. The Morgan fingerprint density at radius 3 is 2.43 bits per heavy atom. The van der Waals surface area contributed by atoms with Crippen molar-refractivity contribution in [3.8, 4) is 23.0 Å². The first-order valence-corrected chi connectivity index (χ1v) is 11.5. The number of nitrogens with two attached hydrogens (primary N) is 1. The molecule has 0 aliphatic heterocycles. The first-order valence-electron chi connectivity index (χ1n) is 11.5. The lowest BCUT2D eigenvalue weighted by Gasteiger charge is -2.15. The summed E-state index contributed by atoms with van der Waals surface area (Å²) >= 11 is 0. The molecule has 4 rings (SSSR count). The number of benzene rings is 3. The Morgan fingerprint density at radius 1 is 0.919 bits per heavy atom. The van der Waals surface area contributed by atoms with Gasteiger partial charge in [0.05, 0.1) is 19.8 Å². The highest BCUT2D eigenvalue weighted by molar-refractivity contribution is 6.04. The number of anilines is 2. The molecule has 37 heavy (non-hydrogen) atoms. The second kappa shape index (κ2) is 11.9. The van der Waals surface area contributed by atoms with Crippen LogP contribution in [0.3, 0.4) is 0 Å². The maximum Gasteiger partial charge on any atom is 0.255 e. The van der Waals surface area contributed by atoms with Crippen LogP contribution in [0.4, 0.5) is 15.9 Å². The van der Waals surface area contributed by atoms with Gasteiger partial charge in [-0.05, 0) is 54.1 Å². The van der Waals surface area contributed by atoms with Crippen LogP contribution >= 0.6 is 0 Å². The zero-order valence-electron chi connectivity index (χ0n) is 20.5. The van der Waals surface area contributed by atoms with E-state index in [0.29, 0.717) is 35.7 Å². The molecule has 0 aliphatic carbocycles. The molecule has 9 heteroatoms. The Hall–Kier alpha value is -4.63. The molecule has 8 nitrogen and oxygen atoms in total. The van der Waals surface area contributed by atoms with Gasteiger partial charge in [0.2, 0.25) is 0 Å². The molecule has 3 aromatic carbocycles. The van der Waals surface area contributed by atoms with E-state index in [2.05, 4.69) is 15.6 Å². The molecule has 0 spiro atoms. The maximum absolute atomic E-state index is 14.9. The average Bonchev–Trinajstić information content (AvgIpc) is 2.92. The highest BCUT2D eigenvalue weighted by Crippen LogP contribution is 2.31. The number of carbonyl (C=O) groups is 1. The first kappa shape index (κ1) is 25.5. The largest absolute Gasteiger partial charge is 0.497 e. The molecule has 0 fully saturated rings. The van der Waals surface area contributed by atoms with Crippen LogP contribution in [-0.4, -0.2) is 25.1 Å². The number of halogens is 1. The van der Waals surface area contributed by atoms with Crippen LogP contribution in [0.5, 0.6) is 23.0 Å². The Balaban J connectivity index is 1.43. The van der Waals surface area contributed by atoms with Gasteiger partial charge in [-0.3, -0.25) is 4.79 Å². The monoisotopic (exact) mass is 502 g/mol. The average molecular weight is 503 g/mol. The molecule has 4 N–H and O–H groups in total. The van der Waals surface area contributed by atoms with E-state index in [1.807, 2.05) is 24.3 Å². The molecule has 1 heterocycles. The first-order chi connectivity index (χ1) is 18.0. The van der Waals surface area contributed by atoms with Crippen molar-refractivity contribution in [2.24, 2.45) is 0 Å². The number of rotatable bonds is 10. The molecular formula is C28H27FN4O4. The molecule has 0 aliphatic rings. The van der Waals surface area contributed by atoms with Crippen LogP contribution in [0.1, 0.15) is 21.5 Å². The number of ether oxygens (including phenoxy) is 3. The van der Waals surface area contributed by atoms with Crippen molar-refractivity contribution >= 4 is 17.4 Å². The second-order valence-electron chi connectivity index (χ2n) is 8.06. The van der Waals surface area contributed by atoms with Gasteiger partial charge in [-0.15, -0.1) is 0 Å². The van der Waals surface area contributed by atoms with Gasteiger partial charge in [0.15, 0.2) is 11.6 Å². The minimum atomic E-state index is -0.643. The molecular weight excluding hydrogens is 475 g/mol. The Labute approximate surface area is 214 Å². The SMILES string of the molecule is COc1ccc(CNCc2c(Oc3ccc(NC(=O)c4cccc(OC)c4)cc3F)ccnc2N)cc1. The summed E-state index contributed by atoms with van der Waals surface area (Å²) in [6, 6.07) is 20.2. The minimum Gasteiger partial charge on any atom is -0.497 e. The fraction of sp³-hybridized carbons (Fsp3) is 0.143. The van der Waals surface area contributed by atoms with Gasteiger partial charge < -0.3 is 30.6 Å². The number of nitrogens with one attached hydrogen (secondary N) is 2. The van der Waals surface area contributed by atoms with E-state index in [9.17, 15) is 9.18 Å². The molecule has 0 bridgehead atoms. The van der Waals surface area contributed by atoms with E-state index in [0.717, 1.165) is 11.3 Å². The van der Waals surface area contributed by atoms with E-state index >= 15 is 0 Å². The van der Waals surface area contributed by atoms with Crippen LogP contribution in [0, 0.1) is 5.82 Å². The Bertz CT molecular complexity index is 1380. The van der Waals surface area contributed by atoms with Crippen molar-refractivity contribution < 1.29 is 23.4 Å². The number of pyridine rings is 1. The van der Waals surface area contributed by atoms with E-state index in [4.69, 9.17) is 19.9 Å². The van der Waals surface area contributed by atoms with Gasteiger partial charge in [-0.25, -0.2) is 9.37 Å². The van der Waals surface area contributed by atoms with Gasteiger partial charge in [0, 0.05) is 36.6 Å². The molecule has 0 saturated carbocycles. The van der Waals surface area contributed by atoms with Crippen LogP contribution < -0.4 is 30.6 Å². The van der Waals surface area contributed by atoms with Crippen molar-refractivity contribution in [3.05, 3.63) is 102 Å². The summed E-state index contributed by atoms with van der Waals surface area (Å²) in [6.45, 7) is 0.936. The molecule has 0 radical (unpaired) electrons. The summed E-state index contributed by atoms with van der Waals surface area (Å²) in [7, 11) is 3.14. The predicted octanol–water partition coefficient (Wildman–Crippen LogP) is 5.15. The number of hydrogen-bond donors (Lipinski definition) is 3. The number of amides is 1. The van der Waals surface area contributed by atoms with Crippen LogP contribution in [0.25, 0.3) is 0 Å². The number of nitrogen functional groups attached to an aromatic ring is 1. The number of nitrogens with zero attached hydrogens (tertiary/aromatic N) is 1. The zero-order chi connectivity index (χ0) is 26.2. The Kier molecular flexibility index (Phi) is 8.17. The molecule has 190 valence electrons. The van der Waals surface area contributed by atoms with Gasteiger partial charge in [0.1, 0.15) is 23.1 Å². The summed E-state index contributed by atoms with van der Waals surface area (Å²) in [5.41, 5.74) is 8.42. The van der Waals surface area contributed by atoms with Gasteiger partial charge in [-0.2, -0.15) is 0 Å². The van der Waals surface area contributed by atoms with Crippen LogP contribution in [0.15, 0.2) is 79.0 Å². The minimum absolute atomic E-state index is 0.0126. The third kappa shape index (κ3) is 6.53. The highest BCUT2D eigenvalue weighted by atomic mass is 19.1. The summed E-state index contributed by atoms with van der Waals surface area (Å²) in [5, 5.41) is 5.98. The van der Waals surface area contributed by atoms with Crippen molar-refractivity contribution in [1.29, 1.82) is 0 Å². The van der Waals surface area contributed by atoms with E-state index in [1.165, 1.54) is 25.4 Å². The van der Waals surface area contributed by atoms with Crippen molar-refractivity contribution in [2.45, 2.75) is 13.1 Å². The lowest BCUT2D eigenvalue weighted by atomic mass is 10.2.